The van der Waals surface area contributed by atoms with E-state index in [9.17, 15) is 14.9 Å². The first-order chi connectivity index (χ1) is 8.54. The molecule has 0 aliphatic rings. The van der Waals surface area contributed by atoms with Gasteiger partial charge < -0.3 is 5.32 Å². The average Bonchev–Trinajstić information content (AvgIpc) is 2.31. The van der Waals surface area contributed by atoms with Crippen LogP contribution in [-0.4, -0.2) is 10.8 Å². The Kier molecular flexibility index (Phi) is 4.80. The number of benzene rings is 1. The summed E-state index contributed by atoms with van der Waals surface area (Å²) in [4.78, 5) is 21.7. The minimum absolute atomic E-state index is 0.00904. The van der Waals surface area contributed by atoms with Crippen LogP contribution in [0.2, 0.25) is 0 Å². The number of nitrogens with one attached hydrogen (secondary N) is 1. The summed E-state index contributed by atoms with van der Waals surface area (Å²) < 4.78 is 0. The lowest BCUT2D eigenvalue weighted by Gasteiger charge is -2.03. The van der Waals surface area contributed by atoms with Crippen molar-refractivity contribution in [1.29, 1.82) is 0 Å². The molecule has 94 valence electrons. The van der Waals surface area contributed by atoms with E-state index in [4.69, 9.17) is 0 Å². The van der Waals surface area contributed by atoms with Crippen LogP contribution in [0.4, 0.5) is 11.4 Å². The molecule has 1 amide bonds. The minimum Gasteiger partial charge on any atom is -0.322 e. The number of hydrogen-bond donors (Lipinski definition) is 1. The lowest BCUT2D eigenvalue weighted by atomic mass is 10.2. The largest absolute Gasteiger partial charge is 0.322 e. The second-order valence-corrected chi connectivity index (χ2v) is 3.63. The van der Waals surface area contributed by atoms with E-state index in [1.165, 1.54) is 12.1 Å². The molecule has 0 radical (unpaired) electrons. The van der Waals surface area contributed by atoms with Crippen LogP contribution in [-0.2, 0) is 4.79 Å². The third kappa shape index (κ3) is 3.86. The third-order valence-electron chi connectivity index (χ3n) is 2.22. The maximum atomic E-state index is 11.5. The molecule has 0 unspecified atom stereocenters. The van der Waals surface area contributed by atoms with Gasteiger partial charge in [0, 0.05) is 23.4 Å². The first-order valence-electron chi connectivity index (χ1n) is 5.40. The number of nitro groups is 1. The van der Waals surface area contributed by atoms with Crippen LogP contribution in [0.1, 0.15) is 12.5 Å². The van der Waals surface area contributed by atoms with Crippen molar-refractivity contribution in [2.75, 3.05) is 5.32 Å². The second kappa shape index (κ2) is 6.34. The van der Waals surface area contributed by atoms with Crippen molar-refractivity contribution < 1.29 is 9.72 Å². The van der Waals surface area contributed by atoms with Gasteiger partial charge in [-0.3, -0.25) is 14.9 Å². The van der Waals surface area contributed by atoms with Crippen molar-refractivity contribution in [1.82, 2.24) is 0 Å². The van der Waals surface area contributed by atoms with Gasteiger partial charge in [-0.1, -0.05) is 24.3 Å². The van der Waals surface area contributed by atoms with Crippen LogP contribution < -0.4 is 5.32 Å². The van der Waals surface area contributed by atoms with Gasteiger partial charge in [0.1, 0.15) is 0 Å². The van der Waals surface area contributed by atoms with Gasteiger partial charge in [-0.2, -0.15) is 0 Å². The molecule has 0 heterocycles. The molecule has 1 rings (SSSR count). The summed E-state index contributed by atoms with van der Waals surface area (Å²) in [7, 11) is 0. The van der Waals surface area contributed by atoms with Crippen molar-refractivity contribution in [3.8, 4) is 0 Å². The number of amides is 1. The third-order valence-corrected chi connectivity index (χ3v) is 2.22. The van der Waals surface area contributed by atoms with E-state index in [2.05, 4.69) is 5.32 Å². The smallest absolute Gasteiger partial charge is 0.274 e. The van der Waals surface area contributed by atoms with E-state index >= 15 is 0 Å². The van der Waals surface area contributed by atoms with E-state index in [-0.39, 0.29) is 11.6 Å². The molecule has 0 atom stereocenters. The molecule has 0 bridgehead atoms. The van der Waals surface area contributed by atoms with Crippen molar-refractivity contribution >= 4 is 17.3 Å². The molecule has 0 saturated heterocycles. The monoisotopic (exact) mass is 246 g/mol. The minimum atomic E-state index is -0.472. The van der Waals surface area contributed by atoms with Gasteiger partial charge in [0.25, 0.3) is 5.69 Å². The molecule has 0 saturated carbocycles. The predicted octanol–water partition coefficient (Wildman–Crippen LogP) is 2.97. The molecule has 1 aromatic carbocycles. The van der Waals surface area contributed by atoms with Crippen LogP contribution in [0.25, 0.3) is 0 Å². The molecule has 0 fully saturated rings. The van der Waals surface area contributed by atoms with Gasteiger partial charge in [-0.15, -0.1) is 0 Å². The maximum absolute atomic E-state index is 11.5. The fourth-order valence-corrected chi connectivity index (χ4v) is 1.32. The molecule has 1 N–H and O–H groups in total. The fraction of sp³-hybridized carbons (Fsp3) is 0.154. The highest BCUT2D eigenvalue weighted by molar-refractivity contribution is 5.99. The number of hydrogen-bond acceptors (Lipinski definition) is 3. The highest BCUT2D eigenvalue weighted by Crippen LogP contribution is 2.22. The van der Waals surface area contributed by atoms with E-state index in [0.717, 1.165) is 0 Å². The van der Waals surface area contributed by atoms with Crippen molar-refractivity contribution in [2.24, 2.45) is 0 Å². The van der Waals surface area contributed by atoms with Gasteiger partial charge in [0.2, 0.25) is 5.91 Å². The Morgan fingerprint density at radius 1 is 1.39 bits per heavy atom. The summed E-state index contributed by atoms with van der Waals surface area (Å²) >= 11 is 0. The number of rotatable bonds is 4. The summed E-state index contributed by atoms with van der Waals surface area (Å²) in [6, 6.07) is 4.57. The zero-order valence-electron chi connectivity index (χ0n) is 10.2. The Morgan fingerprint density at radius 2 is 2.11 bits per heavy atom. The quantitative estimate of drug-likeness (QED) is 0.384. The van der Waals surface area contributed by atoms with Gasteiger partial charge in [0.05, 0.1) is 4.92 Å². The van der Waals surface area contributed by atoms with E-state index in [0.29, 0.717) is 11.3 Å². The fourth-order valence-electron chi connectivity index (χ4n) is 1.32. The highest BCUT2D eigenvalue weighted by atomic mass is 16.6. The summed E-state index contributed by atoms with van der Waals surface area (Å²) in [5.74, 6) is -0.328. The Labute approximate surface area is 105 Å². The molecule has 0 spiro atoms. The SMILES string of the molecule is C/C=C/C=C/C(=O)Nc1ccc(C)c([N+](=O)[O-])c1. The van der Waals surface area contributed by atoms with Gasteiger partial charge in [-0.25, -0.2) is 0 Å². The molecular weight excluding hydrogens is 232 g/mol. The first-order valence-corrected chi connectivity index (χ1v) is 5.40. The first kappa shape index (κ1) is 13.6. The second-order valence-electron chi connectivity index (χ2n) is 3.63. The molecule has 0 aromatic heterocycles. The number of aryl methyl sites for hydroxylation is 1. The standard InChI is InChI=1S/C13H14N2O3/c1-3-4-5-6-13(16)14-11-8-7-10(2)12(9-11)15(17)18/h3-9H,1-2H3,(H,14,16)/b4-3+,6-5+. The average molecular weight is 246 g/mol. The van der Waals surface area contributed by atoms with Crippen molar-refractivity contribution in [3.05, 3.63) is 58.2 Å². The Morgan fingerprint density at radius 3 is 2.72 bits per heavy atom. The predicted molar refractivity (Wildman–Crippen MR) is 70.4 cm³/mol. The van der Waals surface area contributed by atoms with Crippen LogP contribution >= 0.6 is 0 Å². The lowest BCUT2D eigenvalue weighted by molar-refractivity contribution is -0.385. The van der Waals surface area contributed by atoms with Crippen LogP contribution in [0.15, 0.2) is 42.5 Å². The molecule has 5 heteroatoms. The van der Waals surface area contributed by atoms with Crippen LogP contribution in [0, 0.1) is 17.0 Å². The topological polar surface area (TPSA) is 72.2 Å². The van der Waals surface area contributed by atoms with E-state index in [1.54, 1.807) is 37.3 Å². The molecule has 18 heavy (non-hydrogen) atoms. The molecule has 0 aliphatic carbocycles. The number of carbonyl (C=O) groups excluding carboxylic acids is 1. The summed E-state index contributed by atoms with van der Waals surface area (Å²) in [6.07, 6.45) is 6.46. The van der Waals surface area contributed by atoms with Crippen molar-refractivity contribution in [3.63, 3.8) is 0 Å². The summed E-state index contributed by atoms with van der Waals surface area (Å²) in [5.41, 5.74) is 0.954. The number of allylic oxidation sites excluding steroid dienone is 3. The number of carbonyl (C=O) groups is 1. The maximum Gasteiger partial charge on any atom is 0.274 e. The number of anilines is 1. The molecule has 5 nitrogen and oxygen atoms in total. The Bertz CT molecular complexity index is 519. The molecular formula is C13H14N2O3. The highest BCUT2D eigenvalue weighted by Gasteiger charge is 2.11. The zero-order valence-corrected chi connectivity index (χ0v) is 10.2. The molecule has 0 aliphatic heterocycles. The Balaban J connectivity index is 2.83. The molecule has 1 aromatic rings. The van der Waals surface area contributed by atoms with Crippen molar-refractivity contribution in [2.45, 2.75) is 13.8 Å². The van der Waals surface area contributed by atoms with E-state index < -0.39 is 4.92 Å². The lowest BCUT2D eigenvalue weighted by Crippen LogP contribution is -2.08. The van der Waals surface area contributed by atoms with E-state index in [1.807, 2.05) is 6.92 Å². The summed E-state index contributed by atoms with van der Waals surface area (Å²) in [6.45, 7) is 3.49. The van der Waals surface area contributed by atoms with Gasteiger partial charge >= 0.3 is 0 Å². The number of nitrogens with zero attached hydrogens (tertiary/aromatic N) is 1. The normalized spacial score (nSPS) is 11.0. The Hall–Kier alpha value is -2.43. The summed E-state index contributed by atoms with van der Waals surface area (Å²) in [5, 5.41) is 13.3. The number of nitro benzene ring substituents is 1. The van der Waals surface area contributed by atoms with Crippen LogP contribution in [0.5, 0.6) is 0 Å². The van der Waals surface area contributed by atoms with Crippen LogP contribution in [0.3, 0.4) is 0 Å². The van der Waals surface area contributed by atoms with Gasteiger partial charge in [-0.05, 0) is 19.9 Å². The van der Waals surface area contributed by atoms with Gasteiger partial charge in [0.15, 0.2) is 0 Å². The zero-order chi connectivity index (χ0) is 13.5.